The van der Waals surface area contributed by atoms with Crippen molar-refractivity contribution in [3.8, 4) is 0 Å². The van der Waals surface area contributed by atoms with Gasteiger partial charge in [-0.1, -0.05) is 5.11 Å². The molecule has 0 aromatic rings. The highest BCUT2D eigenvalue weighted by Gasteiger charge is 2.50. The summed E-state index contributed by atoms with van der Waals surface area (Å²) in [7, 11) is 0. The summed E-state index contributed by atoms with van der Waals surface area (Å²) in [6.07, 6.45) is -5.70. The second-order valence-electron chi connectivity index (χ2n) is 8.08. The Morgan fingerprint density at radius 1 is 0.816 bits per heavy atom. The number of hydrogen-bond acceptors (Lipinski definition) is 12. The molecule has 1 saturated heterocycles. The largest absolute Gasteiger partial charge is 0.456 e. The van der Waals surface area contributed by atoms with Crippen LogP contribution in [0.1, 0.15) is 40.5 Å². The molecule has 1 heterocycles. The van der Waals surface area contributed by atoms with E-state index in [2.05, 4.69) is 20.7 Å². The van der Waals surface area contributed by atoms with Crippen LogP contribution in [0.25, 0.3) is 10.4 Å². The Morgan fingerprint density at radius 2 is 1.39 bits per heavy atom. The molecule has 1 rings (SSSR count). The lowest BCUT2D eigenvalue weighted by molar-refractivity contribution is -0.248. The highest BCUT2D eigenvalue weighted by atomic mass is 16.7. The topological polar surface area (TPSA) is 214 Å². The molecule has 5 atom stereocenters. The molecule has 16 heteroatoms. The van der Waals surface area contributed by atoms with Crippen LogP contribution in [0.2, 0.25) is 0 Å². The molecule has 16 nitrogen and oxygen atoms in total. The van der Waals surface area contributed by atoms with Crippen molar-refractivity contribution < 1.29 is 52.4 Å². The van der Waals surface area contributed by atoms with E-state index in [1.807, 2.05) is 0 Å². The number of amides is 2. The number of esters is 3. The Hall–Kier alpha value is -3.46. The van der Waals surface area contributed by atoms with E-state index in [-0.39, 0.29) is 51.7 Å². The number of carbonyl (C=O) groups excluding carboxylic acids is 5. The highest BCUT2D eigenvalue weighted by Crippen LogP contribution is 2.27. The molecule has 0 aliphatic carbocycles. The summed E-state index contributed by atoms with van der Waals surface area (Å²) in [5, 5.41) is 8.45. The van der Waals surface area contributed by atoms with Crippen molar-refractivity contribution in [2.24, 2.45) is 5.11 Å². The summed E-state index contributed by atoms with van der Waals surface area (Å²) in [6.45, 7) is 6.20. The van der Waals surface area contributed by atoms with E-state index in [0.717, 1.165) is 20.8 Å². The number of nitrogens with one attached hydrogen (secondary N) is 2. The van der Waals surface area contributed by atoms with Gasteiger partial charge in [-0.3, -0.25) is 24.0 Å². The van der Waals surface area contributed by atoms with Crippen molar-refractivity contribution in [2.75, 3.05) is 39.5 Å². The molecule has 0 saturated carbocycles. The van der Waals surface area contributed by atoms with E-state index in [1.165, 1.54) is 0 Å². The van der Waals surface area contributed by atoms with Crippen molar-refractivity contribution in [2.45, 2.75) is 71.2 Å². The molecular formula is C22H35N5O11. The van der Waals surface area contributed by atoms with Crippen molar-refractivity contribution in [1.82, 2.24) is 10.6 Å². The van der Waals surface area contributed by atoms with Gasteiger partial charge in [-0.2, -0.15) is 0 Å². The highest BCUT2D eigenvalue weighted by molar-refractivity contribution is 5.79. The van der Waals surface area contributed by atoms with Crippen molar-refractivity contribution >= 4 is 29.7 Å². The Balaban J connectivity index is 2.52. The number of carbonyl (C=O) groups is 5. The zero-order chi connectivity index (χ0) is 28.5. The summed E-state index contributed by atoms with van der Waals surface area (Å²) in [5.41, 5.74) is 8.14. The predicted molar refractivity (Wildman–Crippen MR) is 127 cm³/mol. The van der Waals surface area contributed by atoms with Gasteiger partial charge >= 0.3 is 17.9 Å². The first-order valence-electron chi connectivity index (χ1n) is 11.9. The van der Waals surface area contributed by atoms with E-state index >= 15 is 0 Å². The summed E-state index contributed by atoms with van der Waals surface area (Å²) in [4.78, 5) is 62.0. The van der Waals surface area contributed by atoms with Crippen LogP contribution in [0.4, 0.5) is 0 Å². The predicted octanol–water partition coefficient (Wildman–Crippen LogP) is -0.118. The van der Waals surface area contributed by atoms with E-state index in [4.69, 9.17) is 34.0 Å². The Kier molecular flexibility index (Phi) is 15.3. The van der Waals surface area contributed by atoms with Gasteiger partial charge < -0.3 is 39.1 Å². The summed E-state index contributed by atoms with van der Waals surface area (Å²) < 4.78 is 31.9. The van der Waals surface area contributed by atoms with Crippen LogP contribution in [0.3, 0.4) is 0 Å². The molecule has 2 N–H and O–H groups in total. The van der Waals surface area contributed by atoms with Gasteiger partial charge in [-0.05, 0) is 12.5 Å². The fraction of sp³-hybridized carbons (Fsp3) is 0.773. The van der Waals surface area contributed by atoms with E-state index in [0.29, 0.717) is 6.61 Å². The second-order valence-corrected chi connectivity index (χ2v) is 8.08. The minimum Gasteiger partial charge on any atom is -0.456 e. The lowest BCUT2D eigenvalue weighted by Crippen LogP contribution is -2.64. The minimum absolute atomic E-state index is 0.0111. The van der Waals surface area contributed by atoms with Crippen LogP contribution < -0.4 is 10.6 Å². The van der Waals surface area contributed by atoms with Crippen LogP contribution >= 0.6 is 0 Å². The smallest absolute Gasteiger partial charge is 0.303 e. The van der Waals surface area contributed by atoms with Crippen LogP contribution in [-0.4, -0.2) is 99.9 Å². The zero-order valence-corrected chi connectivity index (χ0v) is 21.9. The molecule has 1 aliphatic heterocycles. The van der Waals surface area contributed by atoms with Crippen molar-refractivity contribution in [1.29, 1.82) is 0 Å². The molecule has 0 bridgehead atoms. The SMILES string of the molecule is CC(=O)O[C@@H]1[C@H](OC(C)=O)[C@H](C)O[C@@H](NC(=O)CCNC(=O)CCOCCOCCN=[N+]=[N-])[C@H]1OC(C)=O. The van der Waals surface area contributed by atoms with Gasteiger partial charge in [0.05, 0.1) is 32.5 Å². The number of hydrogen-bond donors (Lipinski definition) is 2. The van der Waals surface area contributed by atoms with Gasteiger partial charge in [0.1, 0.15) is 0 Å². The third-order valence-electron chi connectivity index (χ3n) is 4.90. The lowest BCUT2D eigenvalue weighted by Gasteiger charge is -2.43. The van der Waals surface area contributed by atoms with Crippen molar-refractivity contribution in [3.05, 3.63) is 10.4 Å². The van der Waals surface area contributed by atoms with Gasteiger partial charge in [0.2, 0.25) is 11.8 Å². The number of ether oxygens (including phenoxy) is 6. The summed E-state index contributed by atoms with van der Waals surface area (Å²) in [5.74, 6) is -2.99. The van der Waals surface area contributed by atoms with Gasteiger partial charge in [0.25, 0.3) is 0 Å². The third kappa shape index (κ3) is 13.2. The Morgan fingerprint density at radius 3 is 2.00 bits per heavy atom. The molecule has 1 fully saturated rings. The first-order chi connectivity index (χ1) is 18.0. The second kappa shape index (κ2) is 17.9. The van der Waals surface area contributed by atoms with Crippen molar-refractivity contribution in [3.63, 3.8) is 0 Å². The zero-order valence-electron chi connectivity index (χ0n) is 21.9. The first-order valence-corrected chi connectivity index (χ1v) is 11.9. The average molecular weight is 546 g/mol. The van der Waals surface area contributed by atoms with E-state index in [1.54, 1.807) is 6.92 Å². The molecular weight excluding hydrogens is 510 g/mol. The quantitative estimate of drug-likeness (QED) is 0.0651. The molecule has 38 heavy (non-hydrogen) atoms. The minimum atomic E-state index is -1.30. The monoisotopic (exact) mass is 545 g/mol. The molecule has 0 unspecified atom stereocenters. The van der Waals surface area contributed by atoms with Gasteiger partial charge in [0.15, 0.2) is 24.5 Å². The average Bonchev–Trinajstić information content (AvgIpc) is 2.82. The number of rotatable bonds is 16. The maximum absolute atomic E-state index is 12.5. The van der Waals surface area contributed by atoms with E-state index < -0.39 is 54.5 Å². The Bertz CT molecular complexity index is 865. The summed E-state index contributed by atoms with van der Waals surface area (Å²) in [6, 6.07) is 0. The van der Waals surface area contributed by atoms with Crippen LogP contribution in [0.15, 0.2) is 5.11 Å². The van der Waals surface area contributed by atoms with Gasteiger partial charge in [0, 0.05) is 51.6 Å². The molecule has 1 aliphatic rings. The molecule has 2 amide bonds. The van der Waals surface area contributed by atoms with E-state index in [9.17, 15) is 24.0 Å². The summed E-state index contributed by atoms with van der Waals surface area (Å²) >= 11 is 0. The lowest BCUT2D eigenvalue weighted by atomic mass is 9.97. The number of azide groups is 1. The molecule has 0 aromatic carbocycles. The maximum Gasteiger partial charge on any atom is 0.303 e. The number of nitrogens with zero attached hydrogens (tertiary/aromatic N) is 3. The van der Waals surface area contributed by atoms with Crippen LogP contribution in [0.5, 0.6) is 0 Å². The fourth-order valence-corrected chi connectivity index (χ4v) is 3.40. The molecule has 0 radical (unpaired) electrons. The van der Waals surface area contributed by atoms with Crippen LogP contribution in [0, 0.1) is 0 Å². The molecule has 0 aromatic heterocycles. The Labute approximate surface area is 219 Å². The fourth-order valence-electron chi connectivity index (χ4n) is 3.40. The van der Waals surface area contributed by atoms with Gasteiger partial charge in [-0.25, -0.2) is 0 Å². The van der Waals surface area contributed by atoms with Gasteiger partial charge in [-0.15, -0.1) is 0 Å². The standard InChI is InChI=1S/C22H35N5O11/c1-13-19(36-14(2)28)20(37-15(3)29)21(38-16(4)30)22(35-13)26-18(32)5-7-24-17(31)6-9-33-11-12-34-10-8-25-27-23/h13,19-22H,5-12H2,1-4H3,(H,24,31)(H,26,32)/t13-,19+,20+,21-,22+/m0/s1. The molecule has 214 valence electrons. The molecule has 0 spiro atoms. The third-order valence-corrected chi connectivity index (χ3v) is 4.90. The maximum atomic E-state index is 12.5. The normalized spacial score (nSPS) is 22.4. The first kappa shape index (κ1) is 32.6. The van der Waals surface area contributed by atoms with Crippen LogP contribution in [-0.2, 0) is 52.4 Å².